The Kier molecular flexibility index (Phi) is 3.42. The van der Waals surface area contributed by atoms with E-state index in [9.17, 15) is 35.4 Å². The normalized spacial score (nSPS) is 19.7. The van der Waals surface area contributed by atoms with Gasteiger partial charge in [-0.15, -0.1) is 0 Å². The molecule has 0 aliphatic carbocycles. The Bertz CT molecular complexity index is 835. The van der Waals surface area contributed by atoms with Gasteiger partial charge < -0.3 is 35.4 Å². The predicted molar refractivity (Wildman–Crippen MR) is 79.7 cm³/mol. The molecule has 126 valence electrons. The van der Waals surface area contributed by atoms with Gasteiger partial charge >= 0.3 is 0 Å². The van der Waals surface area contributed by atoms with E-state index >= 15 is 0 Å². The monoisotopic (exact) mass is 334 g/mol. The quantitative estimate of drug-likeness (QED) is 0.426. The van der Waals surface area contributed by atoms with Gasteiger partial charge in [-0.05, 0) is 19.1 Å². The molecule has 0 bridgehead atoms. The Hall–Kier alpha value is -3.13. The van der Waals surface area contributed by atoms with Crippen LogP contribution in [0.15, 0.2) is 18.2 Å². The molecule has 1 aliphatic rings. The molecule has 0 radical (unpaired) electrons. The number of hydrogen-bond acceptors (Lipinski definition) is 8. The van der Waals surface area contributed by atoms with E-state index in [0.717, 1.165) is 18.2 Å². The molecular weight excluding hydrogens is 320 g/mol. The molecule has 1 aliphatic heterocycles. The first kappa shape index (κ1) is 15.8. The maximum absolute atomic E-state index is 12.4. The lowest BCUT2D eigenvalue weighted by Crippen LogP contribution is -2.36. The van der Waals surface area contributed by atoms with Crippen LogP contribution in [0.5, 0.6) is 34.5 Å². The summed E-state index contributed by atoms with van der Waals surface area (Å²) in [4.78, 5) is 12.4. The molecule has 0 spiro atoms. The minimum Gasteiger partial charge on any atom is -0.507 e. The minimum atomic E-state index is -1.73. The van der Waals surface area contributed by atoms with Crippen LogP contribution in [0, 0.1) is 6.92 Å². The van der Waals surface area contributed by atoms with Crippen LogP contribution in [0.2, 0.25) is 0 Å². The zero-order valence-electron chi connectivity index (χ0n) is 12.4. The van der Waals surface area contributed by atoms with Gasteiger partial charge in [0.25, 0.3) is 0 Å². The summed E-state index contributed by atoms with van der Waals surface area (Å²) in [5.74, 6) is -3.85. The van der Waals surface area contributed by atoms with Crippen molar-refractivity contribution in [2.45, 2.75) is 19.1 Å². The van der Waals surface area contributed by atoms with E-state index < -0.39 is 41.0 Å². The third-order valence-corrected chi connectivity index (χ3v) is 3.97. The van der Waals surface area contributed by atoms with Gasteiger partial charge in [-0.3, -0.25) is 4.79 Å². The number of carbonyl (C=O) groups is 1. The second-order valence-corrected chi connectivity index (χ2v) is 5.50. The fraction of sp³-hybridized carbons (Fsp3) is 0.188. The van der Waals surface area contributed by atoms with Crippen molar-refractivity contribution in [1.82, 2.24) is 0 Å². The summed E-state index contributed by atoms with van der Waals surface area (Å²) in [5.41, 5.74) is -0.175. The van der Waals surface area contributed by atoms with Gasteiger partial charge in [-0.25, -0.2) is 0 Å². The molecule has 6 N–H and O–H groups in total. The van der Waals surface area contributed by atoms with E-state index in [1.165, 1.54) is 6.92 Å². The van der Waals surface area contributed by atoms with Gasteiger partial charge in [-0.2, -0.15) is 0 Å². The van der Waals surface area contributed by atoms with Crippen molar-refractivity contribution in [3.8, 4) is 34.5 Å². The lowest BCUT2D eigenvalue weighted by atomic mass is 9.91. The Labute approximate surface area is 135 Å². The van der Waals surface area contributed by atoms with Gasteiger partial charge in [0, 0.05) is 17.2 Å². The van der Waals surface area contributed by atoms with Crippen LogP contribution in [0.25, 0.3) is 0 Å². The second kappa shape index (κ2) is 5.20. The van der Waals surface area contributed by atoms with Gasteiger partial charge in [0.1, 0.15) is 22.8 Å². The molecule has 2 atom stereocenters. The Morgan fingerprint density at radius 2 is 1.50 bits per heavy atom. The van der Waals surface area contributed by atoms with E-state index in [1.54, 1.807) is 0 Å². The first-order valence-electron chi connectivity index (χ1n) is 6.91. The first-order valence-corrected chi connectivity index (χ1v) is 6.91. The molecule has 3 rings (SSSR count). The smallest absolute Gasteiger partial charge is 0.202 e. The topological polar surface area (TPSA) is 148 Å². The number of rotatable bonds is 1. The summed E-state index contributed by atoms with van der Waals surface area (Å²) in [6.45, 7) is 1.40. The highest BCUT2D eigenvalue weighted by molar-refractivity contribution is 6.06. The average Bonchev–Trinajstić information content (AvgIpc) is 2.53. The third-order valence-electron chi connectivity index (χ3n) is 3.97. The summed E-state index contributed by atoms with van der Waals surface area (Å²) in [7, 11) is 0. The molecule has 0 unspecified atom stereocenters. The zero-order chi connectivity index (χ0) is 17.8. The molecule has 2 aromatic rings. The number of phenols is 5. The summed E-state index contributed by atoms with van der Waals surface area (Å²) in [6.07, 6.45) is -3.04. The van der Waals surface area contributed by atoms with Crippen molar-refractivity contribution in [1.29, 1.82) is 0 Å². The van der Waals surface area contributed by atoms with Crippen molar-refractivity contribution >= 4 is 5.78 Å². The minimum absolute atomic E-state index is 0.0221. The van der Waals surface area contributed by atoms with Crippen molar-refractivity contribution in [2.24, 2.45) is 0 Å². The molecule has 0 aromatic heterocycles. The van der Waals surface area contributed by atoms with E-state index in [0.29, 0.717) is 0 Å². The number of benzene rings is 2. The number of Topliss-reactive ketones (excluding diaryl/α,β-unsaturated/α-hetero) is 1. The van der Waals surface area contributed by atoms with Crippen LogP contribution < -0.4 is 4.74 Å². The Balaban J connectivity index is 2.13. The van der Waals surface area contributed by atoms with Crippen molar-refractivity contribution in [3.63, 3.8) is 0 Å². The third kappa shape index (κ3) is 2.16. The molecule has 8 heteroatoms. The summed E-state index contributed by atoms with van der Waals surface area (Å²) in [6, 6.07) is 3.17. The van der Waals surface area contributed by atoms with Crippen molar-refractivity contribution < 1.29 is 40.2 Å². The molecule has 2 aromatic carbocycles. The molecule has 0 fully saturated rings. The lowest BCUT2D eigenvalue weighted by molar-refractivity contribution is 0.0208. The fourth-order valence-corrected chi connectivity index (χ4v) is 2.59. The largest absolute Gasteiger partial charge is 0.507 e. The van der Waals surface area contributed by atoms with Crippen LogP contribution >= 0.6 is 0 Å². The number of phenolic OH excluding ortho intramolecular Hbond substituents is 5. The Morgan fingerprint density at radius 3 is 2.08 bits per heavy atom. The number of aromatic hydroxyl groups is 5. The van der Waals surface area contributed by atoms with Crippen molar-refractivity contribution in [2.75, 3.05) is 0 Å². The maximum atomic E-state index is 12.4. The molecule has 0 saturated carbocycles. The van der Waals surface area contributed by atoms with Gasteiger partial charge in [0.2, 0.25) is 5.78 Å². The summed E-state index contributed by atoms with van der Waals surface area (Å²) >= 11 is 0. The van der Waals surface area contributed by atoms with Crippen LogP contribution in [0.4, 0.5) is 0 Å². The highest BCUT2D eigenvalue weighted by atomic mass is 16.5. The first-order chi connectivity index (χ1) is 11.2. The highest BCUT2D eigenvalue weighted by Gasteiger charge is 2.40. The van der Waals surface area contributed by atoms with E-state index in [4.69, 9.17) is 4.74 Å². The highest BCUT2D eigenvalue weighted by Crippen LogP contribution is 2.46. The average molecular weight is 334 g/mol. The van der Waals surface area contributed by atoms with Crippen molar-refractivity contribution in [3.05, 3.63) is 34.9 Å². The number of ketones is 1. The molecule has 24 heavy (non-hydrogen) atoms. The summed E-state index contributed by atoms with van der Waals surface area (Å²) < 4.78 is 5.47. The number of carbonyl (C=O) groups excluding carboxylic acids is 1. The molecule has 1 heterocycles. The number of aliphatic hydroxyl groups excluding tert-OH is 1. The van der Waals surface area contributed by atoms with Crippen LogP contribution in [0.1, 0.15) is 27.6 Å². The van der Waals surface area contributed by atoms with Gasteiger partial charge in [0.15, 0.2) is 29.5 Å². The molecule has 8 nitrogen and oxygen atoms in total. The number of aliphatic hydroxyl groups is 1. The van der Waals surface area contributed by atoms with Gasteiger partial charge in [-0.1, -0.05) is 0 Å². The van der Waals surface area contributed by atoms with E-state index in [-0.39, 0.29) is 28.2 Å². The van der Waals surface area contributed by atoms with Crippen LogP contribution in [-0.4, -0.2) is 42.5 Å². The van der Waals surface area contributed by atoms with Crippen LogP contribution in [0.3, 0.4) is 0 Å². The lowest BCUT2D eigenvalue weighted by Gasteiger charge is -2.30. The SMILES string of the molecule is Cc1c(O)cc2c(c1O)C(=O)[C@@H](O)[C@H](c1cc(O)c(O)c(O)c1)O2. The zero-order valence-corrected chi connectivity index (χ0v) is 12.4. The maximum Gasteiger partial charge on any atom is 0.202 e. The standard InChI is InChI=1S/C16H14O8/c1-5-7(17)4-10-11(12(5)20)14(22)15(23)16(24-10)6-2-8(18)13(21)9(19)3-6/h2-4,15-21,23H,1H3/t15-,16+/m1/s1. The second-order valence-electron chi connectivity index (χ2n) is 5.50. The number of fused-ring (bicyclic) bond motifs is 1. The summed E-state index contributed by atoms with van der Waals surface area (Å²) in [5, 5.41) is 58.5. The van der Waals surface area contributed by atoms with E-state index in [2.05, 4.69) is 0 Å². The number of ether oxygens (including phenoxy) is 1. The molecule has 0 amide bonds. The number of hydrogen-bond donors (Lipinski definition) is 6. The van der Waals surface area contributed by atoms with E-state index in [1.807, 2.05) is 0 Å². The Morgan fingerprint density at radius 1 is 0.917 bits per heavy atom. The van der Waals surface area contributed by atoms with Crippen LogP contribution in [-0.2, 0) is 0 Å². The van der Waals surface area contributed by atoms with Gasteiger partial charge in [0.05, 0.1) is 0 Å². The predicted octanol–water partition coefficient (Wildman–Crippen LogP) is 1.20. The molecular formula is C16H14O8. The fourth-order valence-electron chi connectivity index (χ4n) is 2.59. The molecule has 0 saturated heterocycles.